The molecule has 1 fully saturated rings. The molecule has 0 spiro atoms. The number of carbonyl (C=O) groups excluding carboxylic acids is 1. The summed E-state index contributed by atoms with van der Waals surface area (Å²) in [5, 5.41) is 6.52. The topological polar surface area (TPSA) is 59.6 Å². The molecule has 0 aliphatic carbocycles. The molecular formula is C22H36N2O3. The monoisotopic (exact) mass is 376 g/mol. The Morgan fingerprint density at radius 1 is 1.22 bits per heavy atom. The molecule has 1 aliphatic heterocycles. The van der Waals surface area contributed by atoms with E-state index in [2.05, 4.69) is 50.5 Å². The fourth-order valence-corrected chi connectivity index (χ4v) is 3.47. The molecule has 1 heterocycles. The van der Waals surface area contributed by atoms with Crippen LogP contribution in [0.2, 0.25) is 0 Å². The van der Waals surface area contributed by atoms with E-state index in [0.29, 0.717) is 19.1 Å². The van der Waals surface area contributed by atoms with Gasteiger partial charge in [-0.1, -0.05) is 39.8 Å². The number of benzene rings is 1. The average Bonchev–Trinajstić information content (AvgIpc) is 2.66. The maximum absolute atomic E-state index is 13.0. The lowest BCUT2D eigenvalue weighted by Crippen LogP contribution is -2.52. The molecule has 27 heavy (non-hydrogen) atoms. The zero-order valence-corrected chi connectivity index (χ0v) is 17.6. The molecule has 0 unspecified atom stereocenters. The zero-order valence-electron chi connectivity index (χ0n) is 17.6. The van der Waals surface area contributed by atoms with Gasteiger partial charge in [0.05, 0.1) is 18.6 Å². The number of amides is 1. The van der Waals surface area contributed by atoms with Gasteiger partial charge in [0.25, 0.3) is 0 Å². The van der Waals surface area contributed by atoms with Gasteiger partial charge < -0.3 is 20.1 Å². The van der Waals surface area contributed by atoms with Crippen LogP contribution in [0.4, 0.5) is 0 Å². The van der Waals surface area contributed by atoms with Crippen molar-refractivity contribution in [3.05, 3.63) is 29.8 Å². The molecule has 5 heteroatoms. The van der Waals surface area contributed by atoms with Crippen LogP contribution in [0.3, 0.4) is 0 Å². The Morgan fingerprint density at radius 2 is 1.85 bits per heavy atom. The zero-order chi connectivity index (χ0) is 19.9. The summed E-state index contributed by atoms with van der Waals surface area (Å²) in [4.78, 5) is 13.0. The highest BCUT2D eigenvalue weighted by atomic mass is 16.5. The number of rotatable bonds is 9. The van der Waals surface area contributed by atoms with Gasteiger partial charge in [-0.2, -0.15) is 0 Å². The first-order valence-electron chi connectivity index (χ1n) is 10.0. The number of nitrogens with one attached hydrogen (secondary N) is 2. The first-order chi connectivity index (χ1) is 12.8. The Balaban J connectivity index is 1.97. The third-order valence-electron chi connectivity index (χ3n) is 5.37. The highest BCUT2D eigenvalue weighted by Crippen LogP contribution is 2.30. The summed E-state index contributed by atoms with van der Waals surface area (Å²) in [5.74, 6) is 1.50. The maximum Gasteiger partial charge on any atom is 0.228 e. The van der Waals surface area contributed by atoms with Crippen LogP contribution >= 0.6 is 0 Å². The largest absolute Gasteiger partial charge is 0.493 e. The summed E-state index contributed by atoms with van der Waals surface area (Å²) in [5.41, 5.74) is 0.615. The molecule has 1 aromatic rings. The summed E-state index contributed by atoms with van der Waals surface area (Å²) in [6, 6.07) is 8.22. The molecule has 2 rings (SSSR count). The summed E-state index contributed by atoms with van der Waals surface area (Å²) >= 11 is 0. The standard InChI is InChI=1S/C22H36N2O3/c1-17(2)14-27-19-8-6-18(7-9-19)21(3,4)15-24-20(25)22(16-26-5)10-12-23-13-11-22/h6-9,17,23H,10-16H2,1-5H3,(H,24,25). The fraction of sp³-hybridized carbons (Fsp3) is 0.682. The van der Waals surface area contributed by atoms with E-state index in [4.69, 9.17) is 9.47 Å². The molecular weight excluding hydrogens is 340 g/mol. The Bertz CT molecular complexity index is 585. The van der Waals surface area contributed by atoms with Gasteiger partial charge in [0.1, 0.15) is 5.75 Å². The second-order valence-corrected chi connectivity index (χ2v) is 8.76. The SMILES string of the molecule is COCC1(C(=O)NCC(C)(C)c2ccc(OCC(C)C)cc2)CCNCC1. The quantitative estimate of drug-likeness (QED) is 0.695. The van der Waals surface area contributed by atoms with Crippen molar-refractivity contribution < 1.29 is 14.3 Å². The van der Waals surface area contributed by atoms with Crippen molar-refractivity contribution in [3.8, 4) is 5.75 Å². The number of piperidine rings is 1. The van der Waals surface area contributed by atoms with E-state index >= 15 is 0 Å². The van der Waals surface area contributed by atoms with Gasteiger partial charge in [0.15, 0.2) is 0 Å². The predicted molar refractivity (Wildman–Crippen MR) is 109 cm³/mol. The van der Waals surface area contributed by atoms with Crippen molar-refractivity contribution in [2.75, 3.05) is 40.0 Å². The summed E-state index contributed by atoms with van der Waals surface area (Å²) in [7, 11) is 1.67. The first kappa shape index (κ1) is 21.7. The van der Waals surface area contributed by atoms with Gasteiger partial charge in [-0.25, -0.2) is 0 Å². The van der Waals surface area contributed by atoms with E-state index < -0.39 is 5.41 Å². The van der Waals surface area contributed by atoms with Gasteiger partial charge in [0.2, 0.25) is 5.91 Å². The predicted octanol–water partition coefficient (Wildman–Crippen LogP) is 3.13. The summed E-state index contributed by atoms with van der Waals surface area (Å²) in [6.07, 6.45) is 1.63. The number of ether oxygens (including phenoxy) is 2. The second-order valence-electron chi connectivity index (χ2n) is 8.76. The van der Waals surface area contributed by atoms with Gasteiger partial charge in [0, 0.05) is 19.1 Å². The Kier molecular flexibility index (Phi) is 7.68. The molecule has 152 valence electrons. The number of hydrogen-bond donors (Lipinski definition) is 2. The number of methoxy groups -OCH3 is 1. The van der Waals surface area contributed by atoms with Crippen molar-refractivity contribution in [2.45, 2.75) is 46.0 Å². The molecule has 1 saturated heterocycles. The van der Waals surface area contributed by atoms with E-state index in [9.17, 15) is 4.79 Å². The average molecular weight is 377 g/mol. The normalized spacial score (nSPS) is 17.0. The summed E-state index contributed by atoms with van der Waals surface area (Å²) < 4.78 is 11.1. The molecule has 5 nitrogen and oxygen atoms in total. The lowest BCUT2D eigenvalue weighted by molar-refractivity contribution is -0.136. The van der Waals surface area contributed by atoms with Crippen LogP contribution in [0.1, 0.15) is 46.1 Å². The van der Waals surface area contributed by atoms with Gasteiger partial charge >= 0.3 is 0 Å². The highest BCUT2D eigenvalue weighted by Gasteiger charge is 2.40. The molecule has 1 aliphatic rings. The van der Waals surface area contributed by atoms with Crippen LogP contribution in [0.25, 0.3) is 0 Å². The van der Waals surface area contributed by atoms with Crippen LogP contribution in [-0.4, -0.2) is 45.9 Å². The van der Waals surface area contributed by atoms with Crippen LogP contribution in [-0.2, 0) is 14.9 Å². The van der Waals surface area contributed by atoms with E-state index in [-0.39, 0.29) is 11.3 Å². The molecule has 2 N–H and O–H groups in total. The lowest BCUT2D eigenvalue weighted by atomic mass is 9.78. The van der Waals surface area contributed by atoms with E-state index in [1.165, 1.54) is 5.56 Å². The van der Waals surface area contributed by atoms with Crippen LogP contribution in [0.15, 0.2) is 24.3 Å². The molecule has 1 aromatic carbocycles. The number of carbonyl (C=O) groups is 1. The molecule has 1 amide bonds. The second kappa shape index (κ2) is 9.56. The summed E-state index contributed by atoms with van der Waals surface area (Å²) in [6.45, 7) is 12.1. The molecule has 0 radical (unpaired) electrons. The lowest BCUT2D eigenvalue weighted by Gasteiger charge is -2.37. The van der Waals surface area contributed by atoms with Crippen molar-refractivity contribution in [1.29, 1.82) is 0 Å². The third kappa shape index (κ3) is 5.94. The van der Waals surface area contributed by atoms with Crippen LogP contribution < -0.4 is 15.4 Å². The van der Waals surface area contributed by atoms with Crippen LogP contribution in [0, 0.1) is 11.3 Å². The van der Waals surface area contributed by atoms with E-state index in [0.717, 1.165) is 38.3 Å². The van der Waals surface area contributed by atoms with Crippen molar-refractivity contribution in [2.24, 2.45) is 11.3 Å². The third-order valence-corrected chi connectivity index (χ3v) is 5.37. The van der Waals surface area contributed by atoms with Gasteiger partial charge in [-0.15, -0.1) is 0 Å². The van der Waals surface area contributed by atoms with Crippen molar-refractivity contribution >= 4 is 5.91 Å². The van der Waals surface area contributed by atoms with Gasteiger partial charge in [-0.05, 0) is 49.5 Å². The van der Waals surface area contributed by atoms with Crippen molar-refractivity contribution in [1.82, 2.24) is 10.6 Å². The number of hydrogen-bond acceptors (Lipinski definition) is 4. The minimum absolute atomic E-state index is 0.107. The Morgan fingerprint density at radius 3 is 2.41 bits per heavy atom. The first-order valence-corrected chi connectivity index (χ1v) is 10.0. The molecule has 0 saturated carbocycles. The Hall–Kier alpha value is -1.59. The van der Waals surface area contributed by atoms with E-state index in [1.54, 1.807) is 7.11 Å². The fourth-order valence-electron chi connectivity index (χ4n) is 3.47. The van der Waals surface area contributed by atoms with Crippen molar-refractivity contribution in [3.63, 3.8) is 0 Å². The minimum atomic E-state index is -0.412. The van der Waals surface area contributed by atoms with Crippen LogP contribution in [0.5, 0.6) is 5.75 Å². The Labute approximate surface area is 164 Å². The molecule has 0 atom stereocenters. The molecule has 0 aromatic heterocycles. The molecule has 0 bridgehead atoms. The van der Waals surface area contributed by atoms with E-state index in [1.807, 2.05) is 12.1 Å². The minimum Gasteiger partial charge on any atom is -0.493 e. The maximum atomic E-state index is 13.0. The highest BCUT2D eigenvalue weighted by molar-refractivity contribution is 5.83. The smallest absolute Gasteiger partial charge is 0.228 e. The van der Waals surface area contributed by atoms with Gasteiger partial charge in [-0.3, -0.25) is 4.79 Å².